The summed E-state index contributed by atoms with van der Waals surface area (Å²) >= 11 is 0. The van der Waals surface area contributed by atoms with E-state index in [0.717, 1.165) is 0 Å². The van der Waals surface area contributed by atoms with Crippen molar-refractivity contribution in [1.29, 1.82) is 0 Å². The van der Waals surface area contributed by atoms with Crippen LogP contribution in [0.4, 0.5) is 10.3 Å². The van der Waals surface area contributed by atoms with Crippen LogP contribution in [0.3, 0.4) is 0 Å². The van der Waals surface area contributed by atoms with Crippen molar-refractivity contribution in [3.05, 3.63) is 6.33 Å². The van der Waals surface area contributed by atoms with Gasteiger partial charge in [0.1, 0.15) is 12.2 Å². The van der Waals surface area contributed by atoms with Gasteiger partial charge in [-0.3, -0.25) is 13.7 Å². The lowest BCUT2D eigenvalue weighted by Crippen LogP contribution is -2.45. The van der Waals surface area contributed by atoms with Gasteiger partial charge in [0.25, 0.3) is 0 Å². The maximum Gasteiger partial charge on any atom is 0.333 e. The highest BCUT2D eigenvalue weighted by Gasteiger charge is 2.61. The maximum absolute atomic E-state index is 15.9. The van der Waals surface area contributed by atoms with Crippen molar-refractivity contribution in [3.63, 3.8) is 0 Å². The number of fused-ring (bicyclic) bond motifs is 2. The van der Waals surface area contributed by atoms with Crippen LogP contribution in [-0.2, 0) is 18.3 Å². The van der Waals surface area contributed by atoms with Crippen LogP contribution >= 0.6 is 7.60 Å². The number of alkyl halides is 1. The van der Waals surface area contributed by atoms with Crippen LogP contribution in [0, 0.1) is 0 Å². The first kappa shape index (κ1) is 19.5. The molecule has 2 aliphatic rings. The summed E-state index contributed by atoms with van der Waals surface area (Å²) in [6.45, 7) is 6.90. The Morgan fingerprint density at radius 3 is 2.93 bits per heavy atom. The number of halogens is 1. The van der Waals surface area contributed by atoms with Gasteiger partial charge in [-0.1, -0.05) is 13.8 Å². The molecule has 5 atom stereocenters. The SMILES string of the molecule is CCOc1nc(N)nc2c1ncn2[C@@H]1O[C@@H]2COP(=O)(C(C)C)OC2[C@@]1(C)F. The molecule has 4 heterocycles. The van der Waals surface area contributed by atoms with Gasteiger partial charge >= 0.3 is 7.60 Å². The van der Waals surface area contributed by atoms with E-state index in [0.29, 0.717) is 12.1 Å². The highest BCUT2D eigenvalue weighted by atomic mass is 31.2. The molecule has 10 nitrogen and oxygen atoms in total. The van der Waals surface area contributed by atoms with E-state index in [1.807, 2.05) is 0 Å². The van der Waals surface area contributed by atoms with E-state index in [1.165, 1.54) is 17.8 Å². The topological polar surface area (TPSA) is 124 Å². The lowest BCUT2D eigenvalue weighted by Gasteiger charge is -2.36. The third-order valence-corrected chi connectivity index (χ3v) is 7.23. The molecule has 2 fully saturated rings. The van der Waals surface area contributed by atoms with Gasteiger partial charge in [0.2, 0.25) is 11.8 Å². The predicted octanol–water partition coefficient (Wildman–Crippen LogP) is 2.45. The zero-order valence-electron chi connectivity index (χ0n) is 16.0. The van der Waals surface area contributed by atoms with E-state index in [-0.39, 0.29) is 24.1 Å². The fraction of sp³-hybridized carbons (Fsp3) is 0.688. The summed E-state index contributed by atoms with van der Waals surface area (Å²) < 4.78 is 52.5. The Balaban J connectivity index is 1.74. The Morgan fingerprint density at radius 2 is 2.25 bits per heavy atom. The molecule has 2 saturated heterocycles. The van der Waals surface area contributed by atoms with Crippen molar-refractivity contribution >= 4 is 24.7 Å². The molecule has 2 N–H and O–H groups in total. The Kier molecular flexibility index (Phi) is 4.61. The summed E-state index contributed by atoms with van der Waals surface area (Å²) in [6, 6.07) is 0. The lowest BCUT2D eigenvalue weighted by molar-refractivity contribution is -0.0603. The summed E-state index contributed by atoms with van der Waals surface area (Å²) in [5.41, 5.74) is 3.99. The highest BCUT2D eigenvalue weighted by molar-refractivity contribution is 7.54. The molecule has 2 aromatic heterocycles. The van der Waals surface area contributed by atoms with Crippen LogP contribution in [0.15, 0.2) is 6.33 Å². The number of aromatic nitrogens is 4. The number of hydrogen-bond donors (Lipinski definition) is 1. The van der Waals surface area contributed by atoms with Crippen molar-refractivity contribution in [2.24, 2.45) is 0 Å². The fourth-order valence-electron chi connectivity index (χ4n) is 3.46. The molecule has 154 valence electrons. The zero-order chi connectivity index (χ0) is 20.3. The molecule has 0 spiro atoms. The molecule has 2 unspecified atom stereocenters. The molecule has 0 radical (unpaired) electrons. The third-order valence-electron chi connectivity index (χ3n) is 4.93. The molecule has 0 bridgehead atoms. The van der Waals surface area contributed by atoms with Crippen LogP contribution in [0.1, 0.15) is 33.9 Å². The Morgan fingerprint density at radius 1 is 1.50 bits per heavy atom. The lowest BCUT2D eigenvalue weighted by atomic mass is 9.98. The second-order valence-corrected chi connectivity index (χ2v) is 9.86. The second-order valence-electron chi connectivity index (χ2n) is 7.28. The number of anilines is 1. The minimum Gasteiger partial charge on any atom is -0.476 e. The van der Waals surface area contributed by atoms with Crippen LogP contribution in [0.2, 0.25) is 0 Å². The van der Waals surface area contributed by atoms with E-state index in [4.69, 9.17) is 24.3 Å². The van der Waals surface area contributed by atoms with E-state index in [2.05, 4.69) is 15.0 Å². The van der Waals surface area contributed by atoms with E-state index < -0.39 is 37.4 Å². The molecular weight excluding hydrogens is 392 g/mol. The van der Waals surface area contributed by atoms with Gasteiger partial charge < -0.3 is 19.7 Å². The van der Waals surface area contributed by atoms with Crippen molar-refractivity contribution in [1.82, 2.24) is 19.5 Å². The van der Waals surface area contributed by atoms with Crippen molar-refractivity contribution in [3.8, 4) is 5.88 Å². The number of nitrogen functional groups attached to an aromatic ring is 1. The fourth-order valence-corrected chi connectivity index (χ4v) is 5.08. The molecule has 4 rings (SSSR count). The maximum atomic E-state index is 15.9. The average molecular weight is 415 g/mol. The number of ether oxygens (including phenoxy) is 2. The molecule has 12 heteroatoms. The highest BCUT2D eigenvalue weighted by Crippen LogP contribution is 2.61. The van der Waals surface area contributed by atoms with Crippen LogP contribution in [0.25, 0.3) is 11.2 Å². The number of nitrogens with zero attached hydrogens (tertiary/aromatic N) is 4. The third kappa shape index (κ3) is 2.88. The van der Waals surface area contributed by atoms with E-state index in [9.17, 15) is 4.57 Å². The van der Waals surface area contributed by atoms with Gasteiger partial charge in [0.15, 0.2) is 23.1 Å². The molecular formula is C16H23FN5O5P. The Labute approximate surface area is 161 Å². The molecule has 28 heavy (non-hydrogen) atoms. The quantitative estimate of drug-likeness (QED) is 0.750. The molecule has 0 aliphatic carbocycles. The van der Waals surface area contributed by atoms with Crippen molar-refractivity contribution < 1.29 is 27.5 Å². The summed E-state index contributed by atoms with van der Waals surface area (Å²) in [5.74, 6) is 0.182. The van der Waals surface area contributed by atoms with Gasteiger partial charge in [-0.05, 0) is 13.8 Å². The molecule has 2 aliphatic heterocycles. The first-order valence-corrected chi connectivity index (χ1v) is 10.7. The zero-order valence-corrected chi connectivity index (χ0v) is 16.9. The number of rotatable bonds is 4. The standard InChI is InChI=1S/C16H23FN5O5P/c1-5-24-13-10-12(20-15(18)21-13)22(7-19-10)14-16(4,17)11-9(26-14)6-25-28(23,27-11)8(2)3/h7-9,11,14H,5-6H2,1-4H3,(H2,18,20,21)/t9-,11?,14-,16-,28?/m1/s1. The van der Waals surface area contributed by atoms with Crippen LogP contribution < -0.4 is 10.5 Å². The van der Waals surface area contributed by atoms with E-state index >= 15 is 4.39 Å². The normalized spacial score (nSPS) is 35.4. The number of nitrogens with two attached hydrogens (primary N) is 1. The average Bonchev–Trinajstić information content (AvgIpc) is 3.14. The molecule has 0 aromatic carbocycles. The number of imidazole rings is 1. The number of hydrogen-bond acceptors (Lipinski definition) is 9. The smallest absolute Gasteiger partial charge is 0.333 e. The summed E-state index contributed by atoms with van der Waals surface area (Å²) in [4.78, 5) is 12.5. The summed E-state index contributed by atoms with van der Waals surface area (Å²) in [6.07, 6.45) is -1.51. The summed E-state index contributed by atoms with van der Waals surface area (Å²) in [7, 11) is -3.42. The predicted molar refractivity (Wildman–Crippen MR) is 97.9 cm³/mol. The minimum absolute atomic E-state index is 0.0237. The monoisotopic (exact) mass is 415 g/mol. The van der Waals surface area contributed by atoms with Crippen molar-refractivity contribution in [2.45, 2.75) is 57.5 Å². The first-order valence-electron chi connectivity index (χ1n) is 9.07. The largest absolute Gasteiger partial charge is 0.476 e. The minimum atomic E-state index is -3.42. The molecule has 0 amide bonds. The second kappa shape index (κ2) is 6.62. The summed E-state index contributed by atoms with van der Waals surface area (Å²) in [5, 5.41) is 0. The van der Waals surface area contributed by atoms with Gasteiger partial charge in [-0.15, -0.1) is 0 Å². The van der Waals surface area contributed by atoms with Gasteiger partial charge in [0.05, 0.1) is 25.2 Å². The molecule has 2 aromatic rings. The van der Waals surface area contributed by atoms with Crippen LogP contribution in [0.5, 0.6) is 5.88 Å². The van der Waals surface area contributed by atoms with Crippen LogP contribution in [-0.4, -0.2) is 56.3 Å². The van der Waals surface area contributed by atoms with Gasteiger partial charge in [0, 0.05) is 0 Å². The Bertz CT molecular complexity index is 951. The van der Waals surface area contributed by atoms with Gasteiger partial charge in [-0.25, -0.2) is 9.37 Å². The Hall–Kier alpha value is -1.81. The first-order chi connectivity index (χ1) is 13.2. The van der Waals surface area contributed by atoms with Gasteiger partial charge in [-0.2, -0.15) is 9.97 Å². The van der Waals surface area contributed by atoms with E-state index in [1.54, 1.807) is 20.8 Å². The van der Waals surface area contributed by atoms with Crippen molar-refractivity contribution in [2.75, 3.05) is 18.9 Å². The molecule has 0 saturated carbocycles.